The first-order valence-corrected chi connectivity index (χ1v) is 19.2. The second-order valence-corrected chi connectivity index (χ2v) is 14.1. The van der Waals surface area contributed by atoms with Gasteiger partial charge in [-0.05, 0) is 81.9 Å². The lowest BCUT2D eigenvalue weighted by Crippen LogP contribution is -2.11. The second kappa shape index (κ2) is 14.4. The van der Waals surface area contributed by atoms with Gasteiger partial charge in [-0.3, -0.25) is 0 Å². The van der Waals surface area contributed by atoms with Crippen molar-refractivity contribution in [3.05, 3.63) is 231 Å². The molecule has 9 aromatic carbocycles. The summed E-state index contributed by atoms with van der Waals surface area (Å²) in [5.41, 5.74) is 16.3. The van der Waals surface area contributed by atoms with E-state index in [4.69, 9.17) is 0 Å². The number of hydrogen-bond acceptors (Lipinski definition) is 1. The zero-order valence-corrected chi connectivity index (χ0v) is 30.8. The first-order chi connectivity index (χ1) is 27.8. The van der Waals surface area contributed by atoms with Crippen molar-refractivity contribution in [2.45, 2.75) is 0 Å². The number of para-hydroxylation sites is 3. The number of rotatable bonds is 8. The fourth-order valence-electron chi connectivity index (χ4n) is 8.13. The lowest BCUT2D eigenvalue weighted by molar-refractivity contribution is 1.18. The van der Waals surface area contributed by atoms with Crippen LogP contribution in [0, 0.1) is 0 Å². The van der Waals surface area contributed by atoms with Crippen LogP contribution >= 0.6 is 0 Å². The van der Waals surface area contributed by atoms with Crippen LogP contribution in [0.1, 0.15) is 0 Å². The Kier molecular flexibility index (Phi) is 8.55. The van der Waals surface area contributed by atoms with Gasteiger partial charge in [0.05, 0.1) is 22.4 Å². The summed E-state index contributed by atoms with van der Waals surface area (Å²) in [6, 6.07) is 83.1. The molecule has 0 N–H and O–H groups in total. The normalized spacial score (nSPS) is 11.2. The molecule has 0 atom stereocenters. The molecule has 56 heavy (non-hydrogen) atoms. The van der Waals surface area contributed by atoms with Crippen molar-refractivity contribution in [3.8, 4) is 50.2 Å². The highest BCUT2D eigenvalue weighted by atomic mass is 15.1. The minimum absolute atomic E-state index is 1.08. The van der Waals surface area contributed by atoms with E-state index < -0.39 is 0 Å². The molecule has 10 rings (SSSR count). The maximum absolute atomic E-state index is 2.41. The fourth-order valence-corrected chi connectivity index (χ4v) is 8.13. The average Bonchev–Trinajstić information content (AvgIpc) is 3.62. The molecule has 0 aliphatic carbocycles. The van der Waals surface area contributed by atoms with E-state index in [9.17, 15) is 0 Å². The molecule has 1 aromatic heterocycles. The SMILES string of the molecule is c1ccc(-c2ccc(N(c3ccc(-c4ccccc4-n4c5ccccc5c5ccccc54)cc3)c3cc(-c4ccccc4)ccc3-c3ccccc3)cc2)cc1. The topological polar surface area (TPSA) is 8.17 Å². The van der Waals surface area contributed by atoms with Gasteiger partial charge in [0.25, 0.3) is 0 Å². The molecule has 2 nitrogen and oxygen atoms in total. The molecule has 264 valence electrons. The van der Waals surface area contributed by atoms with Crippen LogP contribution in [0.25, 0.3) is 72.0 Å². The number of hydrogen-bond donors (Lipinski definition) is 0. The van der Waals surface area contributed by atoms with Gasteiger partial charge in [-0.1, -0.05) is 182 Å². The quantitative estimate of drug-likeness (QED) is 0.152. The van der Waals surface area contributed by atoms with Gasteiger partial charge in [0.15, 0.2) is 0 Å². The van der Waals surface area contributed by atoms with Gasteiger partial charge in [0.2, 0.25) is 0 Å². The lowest BCUT2D eigenvalue weighted by Gasteiger charge is -2.29. The molecule has 0 radical (unpaired) electrons. The van der Waals surface area contributed by atoms with Gasteiger partial charge in [-0.2, -0.15) is 0 Å². The van der Waals surface area contributed by atoms with Crippen LogP contribution in [0.4, 0.5) is 17.1 Å². The van der Waals surface area contributed by atoms with Crippen LogP contribution in [-0.2, 0) is 0 Å². The third-order valence-corrected chi connectivity index (χ3v) is 10.8. The zero-order chi connectivity index (χ0) is 37.3. The van der Waals surface area contributed by atoms with E-state index in [1.54, 1.807) is 0 Å². The summed E-state index contributed by atoms with van der Waals surface area (Å²) in [5, 5.41) is 2.52. The predicted octanol–water partition coefficient (Wildman–Crippen LogP) is 14.9. The van der Waals surface area contributed by atoms with Crippen LogP contribution in [0.3, 0.4) is 0 Å². The minimum atomic E-state index is 1.08. The highest BCUT2D eigenvalue weighted by molar-refractivity contribution is 6.09. The first kappa shape index (κ1) is 33.2. The van der Waals surface area contributed by atoms with Crippen LogP contribution in [0.15, 0.2) is 231 Å². The van der Waals surface area contributed by atoms with Gasteiger partial charge in [-0.15, -0.1) is 0 Å². The Labute approximate surface area is 327 Å². The van der Waals surface area contributed by atoms with E-state index in [1.807, 2.05) is 0 Å². The second-order valence-electron chi connectivity index (χ2n) is 14.1. The fraction of sp³-hybridized carbons (Fsp3) is 0. The molecule has 0 aliphatic rings. The maximum Gasteiger partial charge on any atom is 0.0546 e. The molecule has 1 heterocycles. The molecule has 0 amide bonds. The molecule has 0 bridgehead atoms. The number of aromatic nitrogens is 1. The Hall–Kier alpha value is -7.42. The molecule has 0 unspecified atom stereocenters. The van der Waals surface area contributed by atoms with Crippen LogP contribution < -0.4 is 4.90 Å². The minimum Gasteiger partial charge on any atom is -0.310 e. The zero-order valence-electron chi connectivity index (χ0n) is 30.8. The molecule has 0 saturated carbocycles. The number of benzene rings is 9. The van der Waals surface area contributed by atoms with E-state index in [2.05, 4.69) is 240 Å². The van der Waals surface area contributed by atoms with Crippen molar-refractivity contribution in [2.75, 3.05) is 4.90 Å². The smallest absolute Gasteiger partial charge is 0.0546 e. The largest absolute Gasteiger partial charge is 0.310 e. The van der Waals surface area contributed by atoms with Crippen molar-refractivity contribution < 1.29 is 0 Å². The van der Waals surface area contributed by atoms with E-state index in [0.29, 0.717) is 0 Å². The summed E-state index contributed by atoms with van der Waals surface area (Å²) in [4.78, 5) is 2.41. The maximum atomic E-state index is 2.41. The van der Waals surface area contributed by atoms with Crippen molar-refractivity contribution in [2.24, 2.45) is 0 Å². The van der Waals surface area contributed by atoms with Crippen molar-refractivity contribution in [3.63, 3.8) is 0 Å². The predicted molar refractivity (Wildman–Crippen MR) is 237 cm³/mol. The Balaban J connectivity index is 1.14. The van der Waals surface area contributed by atoms with Gasteiger partial charge in [0.1, 0.15) is 0 Å². The lowest BCUT2D eigenvalue weighted by atomic mass is 9.96. The molecular weight excluding hydrogens is 677 g/mol. The van der Waals surface area contributed by atoms with Crippen molar-refractivity contribution in [1.29, 1.82) is 0 Å². The third-order valence-electron chi connectivity index (χ3n) is 10.8. The standard InChI is InChI=1S/C54H38N2/c1-4-16-39(17-5-1)41-28-33-45(34-29-41)55(54-38-44(40-18-6-2-7-19-40)32-37-48(54)42-20-8-3-9-21-42)46-35-30-43(31-36-46)47-22-10-13-25-51(47)56-52-26-14-11-23-49(52)50-24-12-15-27-53(50)56/h1-38H. The summed E-state index contributed by atoms with van der Waals surface area (Å²) in [6.07, 6.45) is 0. The highest BCUT2D eigenvalue weighted by Crippen LogP contribution is 2.44. The van der Waals surface area contributed by atoms with Gasteiger partial charge in [-0.25, -0.2) is 0 Å². The van der Waals surface area contributed by atoms with Gasteiger partial charge >= 0.3 is 0 Å². The summed E-state index contributed by atoms with van der Waals surface area (Å²) in [7, 11) is 0. The summed E-state index contributed by atoms with van der Waals surface area (Å²) >= 11 is 0. The summed E-state index contributed by atoms with van der Waals surface area (Å²) in [6.45, 7) is 0. The number of nitrogens with zero attached hydrogens (tertiary/aromatic N) is 2. The summed E-state index contributed by atoms with van der Waals surface area (Å²) in [5.74, 6) is 0. The third kappa shape index (κ3) is 6.04. The Morgan fingerprint density at radius 2 is 0.696 bits per heavy atom. The number of fused-ring (bicyclic) bond motifs is 3. The Morgan fingerprint density at radius 3 is 1.29 bits per heavy atom. The first-order valence-electron chi connectivity index (χ1n) is 19.2. The van der Waals surface area contributed by atoms with E-state index in [0.717, 1.165) is 28.3 Å². The molecule has 0 fully saturated rings. The van der Waals surface area contributed by atoms with E-state index in [1.165, 1.54) is 60.8 Å². The van der Waals surface area contributed by atoms with Crippen LogP contribution in [-0.4, -0.2) is 4.57 Å². The van der Waals surface area contributed by atoms with Gasteiger partial charge in [0, 0.05) is 33.3 Å². The van der Waals surface area contributed by atoms with Crippen molar-refractivity contribution in [1.82, 2.24) is 4.57 Å². The van der Waals surface area contributed by atoms with Gasteiger partial charge < -0.3 is 9.47 Å². The van der Waals surface area contributed by atoms with Crippen LogP contribution in [0.5, 0.6) is 0 Å². The average molecular weight is 715 g/mol. The van der Waals surface area contributed by atoms with Crippen LogP contribution in [0.2, 0.25) is 0 Å². The monoisotopic (exact) mass is 714 g/mol. The molecule has 0 spiro atoms. The molecule has 0 aliphatic heterocycles. The molecule has 10 aromatic rings. The van der Waals surface area contributed by atoms with Crippen molar-refractivity contribution >= 4 is 38.9 Å². The Bertz CT molecular complexity index is 2870. The van der Waals surface area contributed by atoms with E-state index in [-0.39, 0.29) is 0 Å². The van der Waals surface area contributed by atoms with E-state index >= 15 is 0 Å². The summed E-state index contributed by atoms with van der Waals surface area (Å²) < 4.78 is 2.41. The number of anilines is 3. The molecule has 0 saturated heterocycles. The Morgan fingerprint density at radius 1 is 0.286 bits per heavy atom. The molecule has 2 heteroatoms. The highest BCUT2D eigenvalue weighted by Gasteiger charge is 2.20. The molecular formula is C54H38N2.